The molecule has 1 rings (SSSR count). The van der Waals surface area contributed by atoms with Crippen molar-refractivity contribution in [1.29, 1.82) is 0 Å². The number of amides is 1. The van der Waals surface area contributed by atoms with Crippen LogP contribution < -0.4 is 5.73 Å². The Morgan fingerprint density at radius 1 is 1.30 bits per heavy atom. The molecule has 116 valence electrons. The molecule has 1 amide bonds. The third kappa shape index (κ3) is 4.93. The summed E-state index contributed by atoms with van der Waals surface area (Å²) in [6.07, 6.45) is 3.28. The Balaban J connectivity index is 0. The second kappa shape index (κ2) is 9.97. The van der Waals surface area contributed by atoms with E-state index in [0.29, 0.717) is 13.1 Å². The number of carbonyl (C=O) groups excluding carboxylic acids is 1. The number of carbonyl (C=O) groups is 1. The maximum absolute atomic E-state index is 12.5. The molecule has 1 heterocycles. The molecule has 0 aliphatic heterocycles. The van der Waals surface area contributed by atoms with Crippen molar-refractivity contribution in [2.24, 2.45) is 11.1 Å². The molecule has 0 spiro atoms. The lowest BCUT2D eigenvalue weighted by Crippen LogP contribution is -2.45. The van der Waals surface area contributed by atoms with Crippen molar-refractivity contribution in [3.63, 3.8) is 0 Å². The molecule has 2 N–H and O–H groups in total. The number of aromatic nitrogens is 1. The summed E-state index contributed by atoms with van der Waals surface area (Å²) in [7, 11) is 1.81. The van der Waals surface area contributed by atoms with Crippen molar-refractivity contribution in [2.45, 2.75) is 33.2 Å². The first kappa shape index (κ1) is 21.5. The predicted molar refractivity (Wildman–Crippen MR) is 87.3 cm³/mol. The molecule has 1 aromatic heterocycles. The topological polar surface area (TPSA) is 59.2 Å². The van der Waals surface area contributed by atoms with E-state index < -0.39 is 5.41 Å². The van der Waals surface area contributed by atoms with E-state index in [1.807, 2.05) is 39.1 Å². The molecule has 0 atom stereocenters. The molecule has 20 heavy (non-hydrogen) atoms. The van der Waals surface area contributed by atoms with Crippen molar-refractivity contribution in [2.75, 3.05) is 13.6 Å². The van der Waals surface area contributed by atoms with Gasteiger partial charge in [0.1, 0.15) is 0 Å². The van der Waals surface area contributed by atoms with Crippen LogP contribution in [-0.2, 0) is 11.3 Å². The number of hydrogen-bond donors (Lipinski definition) is 1. The van der Waals surface area contributed by atoms with Crippen LogP contribution in [0.1, 0.15) is 32.4 Å². The Kier molecular flexibility index (Phi) is 10.7. The van der Waals surface area contributed by atoms with Crippen LogP contribution in [0.3, 0.4) is 0 Å². The van der Waals surface area contributed by atoms with Gasteiger partial charge < -0.3 is 10.6 Å². The summed E-state index contributed by atoms with van der Waals surface area (Å²) < 4.78 is 0. The van der Waals surface area contributed by atoms with Crippen molar-refractivity contribution < 1.29 is 4.79 Å². The van der Waals surface area contributed by atoms with Gasteiger partial charge in [-0.15, -0.1) is 24.8 Å². The second-order valence-corrected chi connectivity index (χ2v) is 4.67. The molecule has 0 unspecified atom stereocenters. The lowest BCUT2D eigenvalue weighted by molar-refractivity contribution is -0.141. The molecular formula is C14H25Cl2N3O. The van der Waals surface area contributed by atoms with Gasteiger partial charge in [0.25, 0.3) is 0 Å². The van der Waals surface area contributed by atoms with Gasteiger partial charge in [0, 0.05) is 19.8 Å². The minimum Gasteiger partial charge on any atom is -0.339 e. The quantitative estimate of drug-likeness (QED) is 0.876. The largest absolute Gasteiger partial charge is 0.339 e. The number of nitrogens with two attached hydrogens (primary N) is 1. The third-order valence-corrected chi connectivity index (χ3v) is 3.67. The van der Waals surface area contributed by atoms with Gasteiger partial charge in [-0.1, -0.05) is 19.9 Å². The zero-order valence-corrected chi connectivity index (χ0v) is 14.0. The van der Waals surface area contributed by atoms with E-state index in [0.717, 1.165) is 18.5 Å². The smallest absolute Gasteiger partial charge is 0.230 e. The summed E-state index contributed by atoms with van der Waals surface area (Å²) in [5, 5.41) is 0. The van der Waals surface area contributed by atoms with Crippen LogP contribution in [0.2, 0.25) is 0 Å². The maximum Gasteiger partial charge on any atom is 0.230 e. The molecule has 0 aromatic carbocycles. The van der Waals surface area contributed by atoms with Gasteiger partial charge in [-0.3, -0.25) is 9.78 Å². The van der Waals surface area contributed by atoms with Crippen LogP contribution >= 0.6 is 24.8 Å². The van der Waals surface area contributed by atoms with Gasteiger partial charge in [0.2, 0.25) is 5.91 Å². The van der Waals surface area contributed by atoms with Gasteiger partial charge in [0.15, 0.2) is 0 Å². The first-order chi connectivity index (χ1) is 8.59. The highest BCUT2D eigenvalue weighted by atomic mass is 35.5. The molecule has 0 aliphatic rings. The first-order valence-electron chi connectivity index (χ1n) is 6.45. The molecule has 6 heteroatoms. The first-order valence-corrected chi connectivity index (χ1v) is 6.45. The summed E-state index contributed by atoms with van der Waals surface area (Å²) >= 11 is 0. The molecule has 0 aliphatic carbocycles. The normalized spacial score (nSPS) is 10.2. The number of hydrogen-bond acceptors (Lipinski definition) is 3. The minimum absolute atomic E-state index is 0. The summed E-state index contributed by atoms with van der Waals surface area (Å²) in [6, 6.07) is 5.72. The van der Waals surface area contributed by atoms with E-state index in [2.05, 4.69) is 4.98 Å². The minimum atomic E-state index is -0.427. The van der Waals surface area contributed by atoms with E-state index in [1.165, 1.54) is 0 Å². The van der Waals surface area contributed by atoms with Gasteiger partial charge in [-0.25, -0.2) is 0 Å². The van der Waals surface area contributed by atoms with Gasteiger partial charge in [-0.2, -0.15) is 0 Å². The molecule has 0 saturated heterocycles. The Morgan fingerprint density at radius 3 is 2.30 bits per heavy atom. The molecule has 0 saturated carbocycles. The number of halogens is 2. The van der Waals surface area contributed by atoms with E-state index in [4.69, 9.17) is 5.73 Å². The maximum atomic E-state index is 12.5. The lowest BCUT2D eigenvalue weighted by Gasteiger charge is -2.33. The Bertz CT molecular complexity index is 375. The lowest BCUT2D eigenvalue weighted by atomic mass is 9.81. The van der Waals surface area contributed by atoms with Crippen LogP contribution in [0.15, 0.2) is 24.4 Å². The van der Waals surface area contributed by atoms with Crippen molar-refractivity contribution >= 4 is 30.7 Å². The number of pyridine rings is 1. The molecule has 0 radical (unpaired) electrons. The van der Waals surface area contributed by atoms with E-state index in [9.17, 15) is 4.79 Å². The Morgan fingerprint density at radius 2 is 1.90 bits per heavy atom. The van der Waals surface area contributed by atoms with Crippen molar-refractivity contribution in [1.82, 2.24) is 9.88 Å². The highest BCUT2D eigenvalue weighted by molar-refractivity contribution is 5.85. The number of rotatable bonds is 6. The van der Waals surface area contributed by atoms with Crippen molar-refractivity contribution in [3.05, 3.63) is 30.1 Å². The molecule has 4 nitrogen and oxygen atoms in total. The average Bonchev–Trinajstić information content (AvgIpc) is 2.42. The molecular weight excluding hydrogens is 297 g/mol. The third-order valence-electron chi connectivity index (χ3n) is 3.67. The van der Waals surface area contributed by atoms with E-state index in [-0.39, 0.29) is 30.7 Å². The monoisotopic (exact) mass is 321 g/mol. The zero-order valence-electron chi connectivity index (χ0n) is 12.3. The van der Waals surface area contributed by atoms with Crippen LogP contribution in [0.5, 0.6) is 0 Å². The highest BCUT2D eigenvalue weighted by Gasteiger charge is 2.35. The zero-order chi connectivity index (χ0) is 13.6. The van der Waals surface area contributed by atoms with Crippen LogP contribution in [0, 0.1) is 5.41 Å². The second-order valence-electron chi connectivity index (χ2n) is 4.67. The average molecular weight is 322 g/mol. The summed E-state index contributed by atoms with van der Waals surface area (Å²) in [6.45, 7) is 4.96. The SMILES string of the molecule is CCC(CC)(CN)C(=O)N(C)Cc1ccccn1.Cl.Cl. The molecule has 0 bridgehead atoms. The summed E-state index contributed by atoms with van der Waals surface area (Å²) in [5.74, 6) is 0.112. The standard InChI is InChI=1S/C14H23N3O.2ClH/c1-4-14(5-2,11-15)13(18)17(3)10-12-8-6-7-9-16-12;;/h6-9H,4-5,10-11,15H2,1-3H3;2*1H. The van der Waals surface area contributed by atoms with Gasteiger partial charge >= 0.3 is 0 Å². The van der Waals surface area contributed by atoms with Crippen LogP contribution in [0.25, 0.3) is 0 Å². The van der Waals surface area contributed by atoms with Crippen LogP contribution in [-0.4, -0.2) is 29.4 Å². The fraction of sp³-hybridized carbons (Fsp3) is 0.571. The Labute approximate surface area is 134 Å². The molecule has 0 fully saturated rings. The summed E-state index contributed by atoms with van der Waals surface area (Å²) in [5.41, 5.74) is 6.27. The van der Waals surface area contributed by atoms with E-state index >= 15 is 0 Å². The van der Waals surface area contributed by atoms with Crippen LogP contribution in [0.4, 0.5) is 0 Å². The predicted octanol–water partition coefficient (Wildman–Crippen LogP) is 2.65. The number of nitrogens with zero attached hydrogens (tertiary/aromatic N) is 2. The fourth-order valence-corrected chi connectivity index (χ4v) is 2.14. The van der Waals surface area contributed by atoms with E-state index in [1.54, 1.807) is 11.1 Å². The van der Waals surface area contributed by atoms with Crippen molar-refractivity contribution in [3.8, 4) is 0 Å². The van der Waals surface area contributed by atoms with Gasteiger partial charge in [0.05, 0.1) is 17.7 Å². The fourth-order valence-electron chi connectivity index (χ4n) is 2.14. The van der Waals surface area contributed by atoms with Gasteiger partial charge in [-0.05, 0) is 25.0 Å². The summed E-state index contributed by atoms with van der Waals surface area (Å²) in [4.78, 5) is 18.4. The Hall–Kier alpha value is -0.840. The highest BCUT2D eigenvalue weighted by Crippen LogP contribution is 2.27. The molecule has 1 aromatic rings.